The number of nitrogens with two attached hydrogens (primary N) is 1. The number of nitrogen functional groups attached to an aromatic ring is 1. The number of carbonyl (C=O) groups is 1. The third-order valence-corrected chi connectivity index (χ3v) is 2.47. The van der Waals surface area contributed by atoms with Crippen LogP contribution in [0, 0.1) is 0 Å². The van der Waals surface area contributed by atoms with Crippen molar-refractivity contribution in [2.45, 2.75) is 6.18 Å². The predicted molar refractivity (Wildman–Crippen MR) is 64.6 cm³/mol. The minimum absolute atomic E-state index is 0.0629. The summed E-state index contributed by atoms with van der Waals surface area (Å²) in [6.45, 7) is 0. The van der Waals surface area contributed by atoms with Crippen molar-refractivity contribution in [1.29, 1.82) is 0 Å². The second-order valence-electron chi connectivity index (χ2n) is 3.84. The number of hydrogen-bond donors (Lipinski definition) is 3. The fourth-order valence-electron chi connectivity index (χ4n) is 1.50. The molecule has 0 saturated carbocycles. The molecule has 4 N–H and O–H groups in total. The van der Waals surface area contributed by atoms with Crippen molar-refractivity contribution in [3.05, 3.63) is 47.8 Å². The van der Waals surface area contributed by atoms with Gasteiger partial charge in [0.25, 0.3) is 5.91 Å². The van der Waals surface area contributed by atoms with Gasteiger partial charge in [-0.05, 0) is 30.3 Å². The zero-order valence-corrected chi connectivity index (χ0v) is 9.58. The summed E-state index contributed by atoms with van der Waals surface area (Å²) in [7, 11) is 0. The minimum atomic E-state index is -4.49. The number of benzene rings is 1. The number of halogens is 3. The summed E-state index contributed by atoms with van der Waals surface area (Å²) in [5.74, 6) is -0.559. The van der Waals surface area contributed by atoms with Crippen LogP contribution in [0.25, 0.3) is 0 Å². The first-order chi connectivity index (χ1) is 8.88. The SMILES string of the molecule is Nc1ccc(C(F)(F)F)cc1NC(=O)c1ccc[nH]1. The number of aromatic nitrogens is 1. The lowest BCUT2D eigenvalue weighted by molar-refractivity contribution is -0.137. The Balaban J connectivity index is 2.27. The van der Waals surface area contributed by atoms with E-state index in [0.29, 0.717) is 0 Å². The maximum absolute atomic E-state index is 12.6. The average Bonchev–Trinajstić information content (AvgIpc) is 2.84. The van der Waals surface area contributed by atoms with E-state index in [4.69, 9.17) is 5.73 Å². The maximum atomic E-state index is 12.6. The molecule has 2 aromatic rings. The van der Waals surface area contributed by atoms with Gasteiger partial charge in [-0.2, -0.15) is 13.2 Å². The zero-order valence-electron chi connectivity index (χ0n) is 9.58. The van der Waals surface area contributed by atoms with Crippen LogP contribution in [0.4, 0.5) is 24.5 Å². The standard InChI is InChI=1S/C12H10F3N3O/c13-12(14,15)7-3-4-8(16)10(6-7)18-11(19)9-2-1-5-17-9/h1-6,17H,16H2,(H,18,19). The van der Waals surface area contributed by atoms with E-state index in [-0.39, 0.29) is 17.1 Å². The molecule has 0 aliphatic rings. The Bertz CT molecular complexity index is 591. The third-order valence-electron chi connectivity index (χ3n) is 2.47. The van der Waals surface area contributed by atoms with Crippen molar-refractivity contribution in [3.8, 4) is 0 Å². The summed E-state index contributed by atoms with van der Waals surface area (Å²) in [6, 6.07) is 5.87. The van der Waals surface area contributed by atoms with E-state index in [1.54, 1.807) is 6.07 Å². The predicted octanol–water partition coefficient (Wildman–Crippen LogP) is 2.87. The molecule has 4 nitrogen and oxygen atoms in total. The van der Waals surface area contributed by atoms with E-state index in [1.807, 2.05) is 0 Å². The van der Waals surface area contributed by atoms with E-state index >= 15 is 0 Å². The average molecular weight is 269 g/mol. The minimum Gasteiger partial charge on any atom is -0.397 e. The van der Waals surface area contributed by atoms with Gasteiger partial charge in [0.2, 0.25) is 0 Å². The van der Waals surface area contributed by atoms with Gasteiger partial charge >= 0.3 is 6.18 Å². The first kappa shape index (κ1) is 13.0. The molecule has 0 bridgehead atoms. The number of carbonyl (C=O) groups excluding carboxylic acids is 1. The number of alkyl halides is 3. The van der Waals surface area contributed by atoms with Crippen molar-refractivity contribution >= 4 is 17.3 Å². The molecular weight excluding hydrogens is 259 g/mol. The van der Waals surface area contributed by atoms with Crippen LogP contribution in [-0.2, 0) is 6.18 Å². The number of amides is 1. The molecule has 0 spiro atoms. The maximum Gasteiger partial charge on any atom is 0.416 e. The van der Waals surface area contributed by atoms with Gasteiger partial charge in [0.05, 0.1) is 16.9 Å². The molecule has 1 aromatic carbocycles. The molecule has 0 saturated heterocycles. The van der Waals surface area contributed by atoms with Crippen molar-refractivity contribution < 1.29 is 18.0 Å². The van der Waals surface area contributed by atoms with Crippen LogP contribution in [0.2, 0.25) is 0 Å². The largest absolute Gasteiger partial charge is 0.416 e. The van der Waals surface area contributed by atoms with Crippen LogP contribution in [0.5, 0.6) is 0 Å². The normalized spacial score (nSPS) is 11.3. The Morgan fingerprint density at radius 3 is 2.58 bits per heavy atom. The van der Waals surface area contributed by atoms with Crippen LogP contribution in [0.1, 0.15) is 16.1 Å². The van der Waals surface area contributed by atoms with Gasteiger partial charge in [-0.25, -0.2) is 0 Å². The topological polar surface area (TPSA) is 70.9 Å². The molecule has 2 rings (SSSR count). The summed E-state index contributed by atoms with van der Waals surface area (Å²) < 4.78 is 37.7. The number of anilines is 2. The third kappa shape index (κ3) is 2.87. The highest BCUT2D eigenvalue weighted by Gasteiger charge is 2.31. The molecule has 0 fully saturated rings. The number of nitrogens with one attached hydrogen (secondary N) is 2. The number of H-pyrrole nitrogens is 1. The van der Waals surface area contributed by atoms with E-state index in [9.17, 15) is 18.0 Å². The lowest BCUT2D eigenvalue weighted by Gasteiger charge is -2.11. The van der Waals surface area contributed by atoms with Crippen molar-refractivity contribution in [1.82, 2.24) is 4.98 Å². The second kappa shape index (κ2) is 4.68. The van der Waals surface area contributed by atoms with Gasteiger partial charge in [0.1, 0.15) is 5.69 Å². The highest BCUT2D eigenvalue weighted by molar-refractivity contribution is 6.04. The fourth-order valence-corrected chi connectivity index (χ4v) is 1.50. The van der Waals surface area contributed by atoms with Crippen LogP contribution in [-0.4, -0.2) is 10.9 Å². The monoisotopic (exact) mass is 269 g/mol. The molecule has 0 aliphatic carbocycles. The van der Waals surface area contributed by atoms with Gasteiger partial charge in [-0.3, -0.25) is 4.79 Å². The van der Waals surface area contributed by atoms with Gasteiger partial charge in [0, 0.05) is 6.20 Å². The van der Waals surface area contributed by atoms with Gasteiger partial charge in [-0.15, -0.1) is 0 Å². The second-order valence-corrected chi connectivity index (χ2v) is 3.84. The molecule has 1 amide bonds. The summed E-state index contributed by atoms with van der Waals surface area (Å²) in [4.78, 5) is 14.4. The Morgan fingerprint density at radius 2 is 2.00 bits per heavy atom. The smallest absolute Gasteiger partial charge is 0.397 e. The van der Waals surface area contributed by atoms with Gasteiger partial charge < -0.3 is 16.0 Å². The van der Waals surface area contributed by atoms with Crippen LogP contribution in [0.3, 0.4) is 0 Å². The van der Waals surface area contributed by atoms with Crippen molar-refractivity contribution in [3.63, 3.8) is 0 Å². The van der Waals surface area contributed by atoms with E-state index in [2.05, 4.69) is 10.3 Å². The highest BCUT2D eigenvalue weighted by Crippen LogP contribution is 2.33. The Kier molecular flexibility index (Phi) is 3.20. The van der Waals surface area contributed by atoms with Crippen LogP contribution in [0.15, 0.2) is 36.5 Å². The van der Waals surface area contributed by atoms with Gasteiger partial charge in [0.15, 0.2) is 0 Å². The number of rotatable bonds is 2. The molecule has 1 aromatic heterocycles. The summed E-state index contributed by atoms with van der Waals surface area (Å²) in [5.41, 5.74) is 4.89. The van der Waals surface area contributed by atoms with E-state index < -0.39 is 17.6 Å². The lowest BCUT2D eigenvalue weighted by Crippen LogP contribution is -2.15. The molecule has 19 heavy (non-hydrogen) atoms. The highest BCUT2D eigenvalue weighted by atomic mass is 19.4. The fraction of sp³-hybridized carbons (Fsp3) is 0.0833. The Labute approximate surface area is 106 Å². The summed E-state index contributed by atoms with van der Waals surface area (Å²) >= 11 is 0. The first-order valence-corrected chi connectivity index (χ1v) is 5.29. The quantitative estimate of drug-likeness (QED) is 0.733. The molecule has 1 heterocycles. The summed E-state index contributed by atoms with van der Waals surface area (Å²) in [5, 5.41) is 2.33. The number of aromatic amines is 1. The molecule has 0 atom stereocenters. The molecule has 0 radical (unpaired) electrons. The number of hydrogen-bond acceptors (Lipinski definition) is 2. The molecule has 0 aliphatic heterocycles. The first-order valence-electron chi connectivity index (χ1n) is 5.29. The van der Waals surface area contributed by atoms with Gasteiger partial charge in [-0.1, -0.05) is 0 Å². The Morgan fingerprint density at radius 1 is 1.26 bits per heavy atom. The van der Waals surface area contributed by atoms with Crippen molar-refractivity contribution in [2.75, 3.05) is 11.1 Å². The molecule has 7 heteroatoms. The van der Waals surface area contributed by atoms with Crippen LogP contribution >= 0.6 is 0 Å². The Hall–Kier alpha value is -2.44. The molecular formula is C12H10F3N3O. The zero-order chi connectivity index (χ0) is 14.0. The van der Waals surface area contributed by atoms with Crippen molar-refractivity contribution in [2.24, 2.45) is 0 Å². The lowest BCUT2D eigenvalue weighted by atomic mass is 10.1. The summed E-state index contributed by atoms with van der Waals surface area (Å²) in [6.07, 6.45) is -2.95. The molecule has 0 unspecified atom stereocenters. The van der Waals surface area contributed by atoms with Crippen LogP contribution < -0.4 is 11.1 Å². The van der Waals surface area contributed by atoms with E-state index in [1.165, 1.54) is 12.3 Å². The van der Waals surface area contributed by atoms with E-state index in [0.717, 1.165) is 18.2 Å². The molecule has 100 valence electrons.